The van der Waals surface area contributed by atoms with Crippen molar-refractivity contribution in [2.45, 2.75) is 24.8 Å². The summed E-state index contributed by atoms with van der Waals surface area (Å²) < 4.78 is 5.44. The number of nitrogens with zero attached hydrogens (tertiary/aromatic N) is 3. The molecule has 1 aromatic carbocycles. The van der Waals surface area contributed by atoms with Crippen LogP contribution in [0.4, 0.5) is 11.6 Å². The van der Waals surface area contributed by atoms with E-state index < -0.39 is 0 Å². The van der Waals surface area contributed by atoms with E-state index in [1.54, 1.807) is 12.4 Å². The second-order valence-corrected chi connectivity index (χ2v) is 7.13. The number of anilines is 2. The number of ether oxygens (including phenoxy) is 1. The van der Waals surface area contributed by atoms with Crippen molar-refractivity contribution >= 4 is 17.3 Å². The molecule has 2 fully saturated rings. The van der Waals surface area contributed by atoms with Crippen molar-refractivity contribution in [3.05, 3.63) is 54.4 Å². The Hall–Kier alpha value is -2.64. The number of benzene rings is 1. The van der Waals surface area contributed by atoms with Crippen LogP contribution in [0.3, 0.4) is 0 Å². The van der Waals surface area contributed by atoms with Crippen molar-refractivity contribution in [3.63, 3.8) is 0 Å². The molecule has 0 bridgehead atoms. The fraction of sp³-hybridized carbons (Fsp3) is 0.400. The number of rotatable bonds is 6. The first-order valence-corrected chi connectivity index (χ1v) is 9.40. The van der Waals surface area contributed by atoms with Crippen molar-refractivity contribution in [3.8, 4) is 0 Å². The SMILES string of the molecule is C=C(NN)c1cnc(NC2(c3ccc(N4CCOCC4)cc3)CCC2)nc1. The third-order valence-electron chi connectivity index (χ3n) is 5.53. The molecule has 2 aliphatic rings. The van der Waals surface area contributed by atoms with E-state index in [-0.39, 0.29) is 5.54 Å². The Kier molecular flexibility index (Phi) is 4.96. The van der Waals surface area contributed by atoms with E-state index in [0.29, 0.717) is 11.6 Å². The van der Waals surface area contributed by atoms with E-state index in [2.05, 4.69) is 56.5 Å². The number of morpholine rings is 1. The van der Waals surface area contributed by atoms with Gasteiger partial charge in [-0.05, 0) is 37.0 Å². The number of hydrogen-bond donors (Lipinski definition) is 3. The highest BCUT2D eigenvalue weighted by atomic mass is 16.5. The van der Waals surface area contributed by atoms with Crippen molar-refractivity contribution in [1.29, 1.82) is 0 Å². The predicted octanol–water partition coefficient (Wildman–Crippen LogP) is 2.24. The first-order chi connectivity index (χ1) is 13.2. The summed E-state index contributed by atoms with van der Waals surface area (Å²) in [7, 11) is 0. The lowest BCUT2D eigenvalue weighted by Gasteiger charge is -2.43. The summed E-state index contributed by atoms with van der Waals surface area (Å²) in [6, 6.07) is 8.88. The van der Waals surface area contributed by atoms with Gasteiger partial charge in [0.2, 0.25) is 5.95 Å². The average Bonchev–Trinajstić information content (AvgIpc) is 2.71. The highest BCUT2D eigenvalue weighted by Gasteiger charge is 2.39. The van der Waals surface area contributed by atoms with Gasteiger partial charge in [-0.15, -0.1) is 0 Å². The smallest absolute Gasteiger partial charge is 0.223 e. The van der Waals surface area contributed by atoms with Crippen LogP contribution in [-0.2, 0) is 10.3 Å². The molecular weight excluding hydrogens is 340 g/mol. The minimum Gasteiger partial charge on any atom is -0.378 e. The first kappa shape index (κ1) is 17.8. The lowest BCUT2D eigenvalue weighted by Crippen LogP contribution is -2.42. The van der Waals surface area contributed by atoms with Crippen LogP contribution in [0.2, 0.25) is 0 Å². The van der Waals surface area contributed by atoms with Gasteiger partial charge >= 0.3 is 0 Å². The topological polar surface area (TPSA) is 88.3 Å². The second kappa shape index (κ2) is 7.54. The van der Waals surface area contributed by atoms with Gasteiger partial charge in [0.25, 0.3) is 0 Å². The molecule has 7 nitrogen and oxygen atoms in total. The summed E-state index contributed by atoms with van der Waals surface area (Å²) in [6.07, 6.45) is 6.80. The highest BCUT2D eigenvalue weighted by molar-refractivity contribution is 5.60. The zero-order valence-electron chi connectivity index (χ0n) is 15.4. The number of nitrogens with one attached hydrogen (secondary N) is 2. The molecule has 4 rings (SSSR count). The summed E-state index contributed by atoms with van der Waals surface area (Å²) in [6.45, 7) is 7.32. The number of hydrazine groups is 1. The molecule has 1 saturated heterocycles. The highest BCUT2D eigenvalue weighted by Crippen LogP contribution is 2.44. The Balaban J connectivity index is 1.49. The van der Waals surface area contributed by atoms with Crippen LogP contribution in [0.1, 0.15) is 30.4 Å². The minimum absolute atomic E-state index is 0.0891. The molecule has 142 valence electrons. The predicted molar refractivity (Wildman–Crippen MR) is 107 cm³/mol. The van der Waals surface area contributed by atoms with Crippen molar-refractivity contribution in [2.75, 3.05) is 36.5 Å². The lowest BCUT2D eigenvalue weighted by atomic mass is 9.72. The molecule has 2 heterocycles. The second-order valence-electron chi connectivity index (χ2n) is 7.13. The van der Waals surface area contributed by atoms with Crippen LogP contribution in [0, 0.1) is 0 Å². The van der Waals surface area contributed by atoms with E-state index in [4.69, 9.17) is 10.6 Å². The summed E-state index contributed by atoms with van der Waals surface area (Å²) >= 11 is 0. The normalized spacial score (nSPS) is 18.5. The Morgan fingerprint density at radius 3 is 2.33 bits per heavy atom. The zero-order chi connectivity index (χ0) is 18.7. The molecule has 0 atom stereocenters. The standard InChI is InChI=1S/C20H26N6O/c1-15(25-21)16-13-22-19(23-14-16)24-20(7-2-8-20)17-3-5-18(6-4-17)26-9-11-27-12-10-26/h3-6,13-14,25H,1-2,7-12,21H2,(H,22,23,24). The number of hydrogen-bond acceptors (Lipinski definition) is 7. The van der Waals surface area contributed by atoms with E-state index in [1.807, 2.05) is 0 Å². The Bertz CT molecular complexity index is 779. The van der Waals surface area contributed by atoms with E-state index >= 15 is 0 Å². The van der Waals surface area contributed by atoms with Crippen LogP contribution in [0.25, 0.3) is 5.70 Å². The van der Waals surface area contributed by atoms with Gasteiger partial charge in [0.05, 0.1) is 24.4 Å². The maximum absolute atomic E-state index is 5.44. The summed E-state index contributed by atoms with van der Waals surface area (Å²) in [5, 5.41) is 3.55. The molecule has 7 heteroatoms. The molecule has 0 unspecified atom stereocenters. The monoisotopic (exact) mass is 366 g/mol. The van der Waals surface area contributed by atoms with Gasteiger partial charge in [-0.1, -0.05) is 18.7 Å². The molecule has 0 radical (unpaired) electrons. The molecule has 1 aromatic heterocycles. The third kappa shape index (κ3) is 3.61. The van der Waals surface area contributed by atoms with Crippen LogP contribution in [-0.4, -0.2) is 36.3 Å². The molecule has 2 aromatic rings. The fourth-order valence-corrected chi connectivity index (χ4v) is 3.67. The summed E-state index contributed by atoms with van der Waals surface area (Å²) in [5.74, 6) is 6.01. The molecule has 0 spiro atoms. The maximum Gasteiger partial charge on any atom is 0.223 e. The van der Waals surface area contributed by atoms with Crippen LogP contribution >= 0.6 is 0 Å². The summed E-state index contributed by atoms with van der Waals surface area (Å²) in [5.41, 5.74) is 6.35. The lowest BCUT2D eigenvalue weighted by molar-refractivity contribution is 0.122. The third-order valence-corrected chi connectivity index (χ3v) is 5.53. The molecule has 1 aliphatic carbocycles. The van der Waals surface area contributed by atoms with Gasteiger partial charge in [0, 0.05) is 36.7 Å². The van der Waals surface area contributed by atoms with Gasteiger partial charge in [0.15, 0.2) is 0 Å². The molecular formula is C20H26N6O. The van der Waals surface area contributed by atoms with Crippen LogP contribution in [0.5, 0.6) is 0 Å². The van der Waals surface area contributed by atoms with Gasteiger partial charge in [-0.2, -0.15) is 0 Å². The van der Waals surface area contributed by atoms with E-state index in [0.717, 1.165) is 44.7 Å². The average molecular weight is 366 g/mol. The summed E-state index contributed by atoms with van der Waals surface area (Å²) in [4.78, 5) is 11.2. The number of aromatic nitrogens is 2. The van der Waals surface area contributed by atoms with Crippen molar-refractivity contribution < 1.29 is 4.74 Å². The van der Waals surface area contributed by atoms with Gasteiger partial charge in [-0.3, -0.25) is 5.84 Å². The van der Waals surface area contributed by atoms with Crippen LogP contribution < -0.4 is 21.5 Å². The Labute approximate surface area is 159 Å². The molecule has 1 saturated carbocycles. The molecule has 27 heavy (non-hydrogen) atoms. The van der Waals surface area contributed by atoms with Crippen molar-refractivity contribution in [1.82, 2.24) is 15.4 Å². The quantitative estimate of drug-likeness (QED) is 0.534. The van der Waals surface area contributed by atoms with Gasteiger partial charge in [-0.25, -0.2) is 9.97 Å². The molecule has 1 aliphatic heterocycles. The Morgan fingerprint density at radius 1 is 1.11 bits per heavy atom. The molecule has 0 amide bonds. The van der Waals surface area contributed by atoms with Gasteiger partial charge < -0.3 is 20.4 Å². The van der Waals surface area contributed by atoms with Crippen molar-refractivity contribution in [2.24, 2.45) is 5.84 Å². The molecule has 4 N–H and O–H groups in total. The van der Waals surface area contributed by atoms with E-state index in [9.17, 15) is 0 Å². The Morgan fingerprint density at radius 2 is 1.78 bits per heavy atom. The zero-order valence-corrected chi connectivity index (χ0v) is 15.4. The number of nitrogens with two attached hydrogens (primary N) is 1. The van der Waals surface area contributed by atoms with Gasteiger partial charge in [0.1, 0.15) is 0 Å². The minimum atomic E-state index is -0.0891. The maximum atomic E-state index is 5.44. The van der Waals surface area contributed by atoms with Crippen LogP contribution in [0.15, 0.2) is 43.2 Å². The fourth-order valence-electron chi connectivity index (χ4n) is 3.67. The first-order valence-electron chi connectivity index (χ1n) is 9.40. The largest absolute Gasteiger partial charge is 0.378 e. The van der Waals surface area contributed by atoms with E-state index in [1.165, 1.54) is 17.7 Å².